The number of carbonyl (C=O) groups excluding carboxylic acids is 1. The van der Waals surface area contributed by atoms with E-state index >= 15 is 0 Å². The van der Waals surface area contributed by atoms with Gasteiger partial charge in [-0.3, -0.25) is 4.40 Å². The molecule has 0 fully saturated rings. The van der Waals surface area contributed by atoms with Gasteiger partial charge in [0.1, 0.15) is 0 Å². The summed E-state index contributed by atoms with van der Waals surface area (Å²) in [6.07, 6.45) is -0.990. The van der Waals surface area contributed by atoms with Crippen LogP contribution in [0.3, 0.4) is 0 Å². The second-order valence-electron chi connectivity index (χ2n) is 5.71. The van der Waals surface area contributed by atoms with Crippen molar-refractivity contribution in [3.8, 4) is 11.1 Å². The highest BCUT2D eigenvalue weighted by Gasteiger charge is 2.37. The van der Waals surface area contributed by atoms with E-state index in [1.54, 1.807) is 12.1 Å². The molecule has 0 atom stereocenters. The van der Waals surface area contributed by atoms with Crippen molar-refractivity contribution in [1.82, 2.24) is 9.38 Å². The van der Waals surface area contributed by atoms with Crippen LogP contribution in [-0.2, 0) is 15.7 Å². The SMILES string of the molecule is COC(=O)/C=C/c1nc(C(F)(F)F)n2cc(-c3ccc(C)cc3)ccc12. The van der Waals surface area contributed by atoms with Gasteiger partial charge in [0, 0.05) is 12.3 Å². The van der Waals surface area contributed by atoms with Crippen molar-refractivity contribution in [3.05, 3.63) is 65.8 Å². The minimum absolute atomic E-state index is 0.0400. The molecular weight excluding hydrogens is 345 g/mol. The lowest BCUT2D eigenvalue weighted by Gasteiger charge is -2.08. The molecule has 0 spiro atoms. The summed E-state index contributed by atoms with van der Waals surface area (Å²) in [7, 11) is 1.19. The number of pyridine rings is 1. The first-order chi connectivity index (χ1) is 12.3. The van der Waals surface area contributed by atoms with E-state index in [9.17, 15) is 18.0 Å². The van der Waals surface area contributed by atoms with Crippen molar-refractivity contribution in [1.29, 1.82) is 0 Å². The van der Waals surface area contributed by atoms with Crippen LogP contribution in [0.15, 0.2) is 48.7 Å². The topological polar surface area (TPSA) is 43.6 Å². The Morgan fingerprint density at radius 2 is 1.77 bits per heavy atom. The summed E-state index contributed by atoms with van der Waals surface area (Å²) in [4.78, 5) is 14.9. The molecular formula is C19H15F3N2O2. The van der Waals surface area contributed by atoms with E-state index in [0.717, 1.165) is 21.6 Å². The number of carbonyl (C=O) groups is 1. The van der Waals surface area contributed by atoms with Gasteiger partial charge in [-0.1, -0.05) is 35.9 Å². The number of fused-ring (bicyclic) bond motifs is 1. The molecule has 1 aromatic carbocycles. The number of alkyl halides is 3. The highest BCUT2D eigenvalue weighted by molar-refractivity contribution is 5.88. The van der Waals surface area contributed by atoms with Crippen LogP contribution in [0.1, 0.15) is 17.1 Å². The van der Waals surface area contributed by atoms with Gasteiger partial charge in [-0.2, -0.15) is 13.2 Å². The predicted octanol–water partition coefficient (Wildman–Crippen LogP) is 4.51. The molecule has 3 rings (SSSR count). The average Bonchev–Trinajstić information content (AvgIpc) is 2.98. The summed E-state index contributed by atoms with van der Waals surface area (Å²) < 4.78 is 45.6. The molecule has 0 N–H and O–H groups in total. The zero-order chi connectivity index (χ0) is 18.9. The maximum absolute atomic E-state index is 13.4. The Morgan fingerprint density at radius 1 is 1.12 bits per heavy atom. The molecule has 3 aromatic rings. The van der Waals surface area contributed by atoms with Crippen molar-refractivity contribution in [3.63, 3.8) is 0 Å². The predicted molar refractivity (Wildman–Crippen MR) is 91.4 cm³/mol. The molecule has 0 amide bonds. The number of methoxy groups -OCH3 is 1. The van der Waals surface area contributed by atoms with Crippen LogP contribution in [-0.4, -0.2) is 22.5 Å². The van der Waals surface area contributed by atoms with Crippen molar-refractivity contribution >= 4 is 17.6 Å². The van der Waals surface area contributed by atoms with E-state index in [2.05, 4.69) is 9.72 Å². The fourth-order valence-electron chi connectivity index (χ4n) is 2.56. The lowest BCUT2D eigenvalue weighted by atomic mass is 10.1. The summed E-state index contributed by atoms with van der Waals surface area (Å²) in [5.74, 6) is -1.72. The second kappa shape index (κ2) is 6.67. The van der Waals surface area contributed by atoms with Crippen LogP contribution in [0.4, 0.5) is 13.2 Å². The van der Waals surface area contributed by atoms with Gasteiger partial charge in [0.05, 0.1) is 18.3 Å². The number of ether oxygens (including phenoxy) is 1. The van der Waals surface area contributed by atoms with E-state index in [0.29, 0.717) is 5.56 Å². The number of aryl methyl sites for hydroxylation is 1. The van der Waals surface area contributed by atoms with E-state index in [1.165, 1.54) is 19.4 Å². The van der Waals surface area contributed by atoms with Crippen molar-refractivity contribution in [2.45, 2.75) is 13.1 Å². The third-order valence-corrected chi connectivity index (χ3v) is 3.88. The summed E-state index contributed by atoms with van der Waals surface area (Å²) in [5.41, 5.74) is 2.77. The number of benzene rings is 1. The zero-order valence-corrected chi connectivity index (χ0v) is 14.0. The molecule has 0 bridgehead atoms. The van der Waals surface area contributed by atoms with Gasteiger partial charge in [0.2, 0.25) is 5.82 Å². The number of rotatable bonds is 3. The molecule has 0 aliphatic rings. The third kappa shape index (κ3) is 3.46. The van der Waals surface area contributed by atoms with E-state index in [4.69, 9.17) is 0 Å². The minimum atomic E-state index is -4.63. The molecule has 7 heteroatoms. The lowest BCUT2D eigenvalue weighted by molar-refractivity contribution is -0.145. The Morgan fingerprint density at radius 3 is 2.38 bits per heavy atom. The summed E-state index contributed by atoms with van der Waals surface area (Å²) >= 11 is 0. The van der Waals surface area contributed by atoms with E-state index in [-0.39, 0.29) is 11.2 Å². The first kappa shape index (κ1) is 17.7. The summed E-state index contributed by atoms with van der Waals surface area (Å²) in [5, 5.41) is 0. The molecule has 0 aliphatic heterocycles. The van der Waals surface area contributed by atoms with Crippen molar-refractivity contribution < 1.29 is 22.7 Å². The molecule has 0 aliphatic carbocycles. The third-order valence-electron chi connectivity index (χ3n) is 3.88. The van der Waals surface area contributed by atoms with Crippen LogP contribution >= 0.6 is 0 Å². The maximum atomic E-state index is 13.4. The molecule has 4 nitrogen and oxygen atoms in total. The fraction of sp³-hybridized carbons (Fsp3) is 0.158. The van der Waals surface area contributed by atoms with Gasteiger partial charge < -0.3 is 4.74 Å². The lowest BCUT2D eigenvalue weighted by Crippen LogP contribution is -2.10. The average molecular weight is 360 g/mol. The van der Waals surface area contributed by atoms with Crippen LogP contribution in [0.5, 0.6) is 0 Å². The van der Waals surface area contributed by atoms with Crippen LogP contribution < -0.4 is 0 Å². The Bertz CT molecular complexity index is 986. The number of esters is 1. The first-order valence-corrected chi connectivity index (χ1v) is 7.72. The smallest absolute Gasteiger partial charge is 0.450 e. The molecule has 2 heterocycles. The van der Waals surface area contributed by atoms with Gasteiger partial charge in [-0.25, -0.2) is 9.78 Å². The molecule has 2 aromatic heterocycles. The summed E-state index contributed by atoms with van der Waals surface area (Å²) in [6.45, 7) is 1.94. The number of aromatic nitrogens is 2. The van der Waals surface area contributed by atoms with E-state index in [1.807, 2.05) is 31.2 Å². The molecule has 134 valence electrons. The van der Waals surface area contributed by atoms with Crippen LogP contribution in [0.25, 0.3) is 22.7 Å². The fourth-order valence-corrected chi connectivity index (χ4v) is 2.56. The number of nitrogens with zero attached hydrogens (tertiary/aromatic N) is 2. The second-order valence-corrected chi connectivity index (χ2v) is 5.71. The molecule has 26 heavy (non-hydrogen) atoms. The quantitative estimate of drug-likeness (QED) is 0.510. The van der Waals surface area contributed by atoms with Crippen LogP contribution in [0.2, 0.25) is 0 Å². The van der Waals surface area contributed by atoms with Gasteiger partial charge in [0.15, 0.2) is 0 Å². The zero-order valence-electron chi connectivity index (χ0n) is 14.0. The molecule has 0 saturated carbocycles. The van der Waals surface area contributed by atoms with Gasteiger partial charge in [-0.15, -0.1) is 0 Å². The molecule has 0 saturated heterocycles. The number of hydrogen-bond acceptors (Lipinski definition) is 3. The normalized spacial score (nSPS) is 12.0. The molecule has 0 unspecified atom stereocenters. The monoisotopic (exact) mass is 360 g/mol. The Labute approximate surface area is 147 Å². The van der Waals surface area contributed by atoms with Gasteiger partial charge >= 0.3 is 12.1 Å². The van der Waals surface area contributed by atoms with Gasteiger partial charge in [-0.05, 0) is 30.2 Å². The van der Waals surface area contributed by atoms with Gasteiger partial charge in [0.25, 0.3) is 0 Å². The standard InChI is InChI=1S/C19H15F3N2O2/c1-12-3-5-13(6-4-12)14-7-9-16-15(8-10-17(25)26-2)23-18(19(20,21)22)24(16)11-14/h3-11H,1-2H3/b10-8+. The Balaban J connectivity index is 2.16. The Kier molecular flexibility index (Phi) is 4.54. The van der Waals surface area contributed by atoms with Crippen molar-refractivity contribution in [2.75, 3.05) is 7.11 Å². The number of imidazole rings is 1. The Hall–Kier alpha value is -3.09. The number of hydrogen-bond donors (Lipinski definition) is 0. The van der Waals surface area contributed by atoms with Crippen molar-refractivity contribution in [2.24, 2.45) is 0 Å². The maximum Gasteiger partial charge on any atom is 0.450 e. The highest BCUT2D eigenvalue weighted by Crippen LogP contribution is 2.32. The van der Waals surface area contributed by atoms with Crippen LogP contribution in [0, 0.1) is 6.92 Å². The largest absolute Gasteiger partial charge is 0.466 e. The minimum Gasteiger partial charge on any atom is -0.466 e. The summed E-state index contributed by atoms with van der Waals surface area (Å²) in [6, 6.07) is 10.7. The highest BCUT2D eigenvalue weighted by atomic mass is 19.4. The number of halogens is 3. The van der Waals surface area contributed by atoms with E-state index < -0.39 is 18.0 Å². The first-order valence-electron chi connectivity index (χ1n) is 7.72. The molecule has 0 radical (unpaired) electrons.